The van der Waals surface area contributed by atoms with Crippen LogP contribution in [0.5, 0.6) is 11.5 Å². The Hall–Kier alpha value is -1.75. The summed E-state index contributed by atoms with van der Waals surface area (Å²) in [7, 11) is 0. The van der Waals surface area contributed by atoms with Gasteiger partial charge in [0.25, 0.3) is 5.91 Å². The SMILES string of the molecule is [2H]C([2H])(N)C([2H])([2H])NC(=O)C1(C)CCc2c(C)c(O)c(C)c(C)c2O1. The molecule has 1 aromatic carbocycles. The molecule has 21 heavy (non-hydrogen) atoms. The van der Waals surface area contributed by atoms with Gasteiger partial charge in [0, 0.05) is 27.7 Å². The average molecular weight is 296 g/mol. The molecule has 0 aliphatic carbocycles. The Morgan fingerprint density at radius 1 is 1.43 bits per heavy atom. The highest BCUT2D eigenvalue weighted by molar-refractivity contribution is 5.85. The first-order valence-electron chi connectivity index (χ1n) is 8.83. The van der Waals surface area contributed by atoms with Crippen LogP contribution in [0.4, 0.5) is 0 Å². The van der Waals surface area contributed by atoms with Crippen molar-refractivity contribution in [1.82, 2.24) is 5.32 Å². The maximum absolute atomic E-state index is 12.6. The molecule has 116 valence electrons. The van der Waals surface area contributed by atoms with Crippen molar-refractivity contribution in [2.24, 2.45) is 5.73 Å². The number of fused-ring (bicyclic) bond motifs is 1. The number of hydrogen-bond donors (Lipinski definition) is 3. The maximum atomic E-state index is 12.6. The van der Waals surface area contributed by atoms with E-state index in [-0.39, 0.29) is 12.2 Å². The van der Waals surface area contributed by atoms with Crippen molar-refractivity contribution in [3.63, 3.8) is 0 Å². The Morgan fingerprint density at radius 3 is 2.71 bits per heavy atom. The molecule has 1 atom stereocenters. The first-order valence-corrected chi connectivity index (χ1v) is 6.83. The van der Waals surface area contributed by atoms with Gasteiger partial charge in [-0.15, -0.1) is 0 Å². The van der Waals surface area contributed by atoms with E-state index in [1.54, 1.807) is 20.8 Å². The van der Waals surface area contributed by atoms with Crippen LogP contribution in [-0.2, 0) is 11.2 Å². The summed E-state index contributed by atoms with van der Waals surface area (Å²) in [6.07, 6.45) is 0.733. The number of nitrogens with two attached hydrogens (primary N) is 1. The second-order valence-corrected chi connectivity index (χ2v) is 5.59. The zero-order chi connectivity index (χ0) is 19.4. The van der Waals surface area contributed by atoms with Crippen molar-refractivity contribution >= 4 is 5.91 Å². The minimum absolute atomic E-state index is 0.209. The van der Waals surface area contributed by atoms with E-state index in [2.05, 4.69) is 0 Å². The molecule has 0 saturated carbocycles. The van der Waals surface area contributed by atoms with Gasteiger partial charge in [-0.05, 0) is 50.8 Å². The molecule has 1 unspecified atom stereocenters. The summed E-state index contributed by atoms with van der Waals surface area (Å²) >= 11 is 0. The molecular formula is C16H24N2O3. The van der Waals surface area contributed by atoms with E-state index in [1.165, 1.54) is 6.92 Å². The normalized spacial score (nSPS) is 24.8. The maximum Gasteiger partial charge on any atom is 0.263 e. The third-order valence-corrected chi connectivity index (χ3v) is 4.25. The molecule has 0 saturated heterocycles. The lowest BCUT2D eigenvalue weighted by molar-refractivity contribution is -0.136. The molecule has 0 fully saturated rings. The fourth-order valence-electron chi connectivity index (χ4n) is 2.63. The predicted octanol–water partition coefficient (Wildman–Crippen LogP) is 1.48. The minimum atomic E-state index is -2.74. The van der Waals surface area contributed by atoms with Crippen molar-refractivity contribution in [3.8, 4) is 11.5 Å². The Labute approximate surface area is 131 Å². The van der Waals surface area contributed by atoms with Gasteiger partial charge >= 0.3 is 0 Å². The number of phenolic OH excluding ortho intramolecular Hbond substituents is 1. The van der Waals surface area contributed by atoms with Crippen molar-refractivity contribution in [2.75, 3.05) is 13.0 Å². The van der Waals surface area contributed by atoms with Crippen LogP contribution in [0.3, 0.4) is 0 Å². The number of benzene rings is 1. The van der Waals surface area contributed by atoms with Gasteiger partial charge < -0.3 is 20.9 Å². The van der Waals surface area contributed by atoms with Gasteiger partial charge in [0.05, 0.1) is 2.74 Å². The number of aromatic hydroxyl groups is 1. The highest BCUT2D eigenvalue weighted by atomic mass is 16.5. The summed E-state index contributed by atoms with van der Waals surface area (Å²) in [6, 6.07) is 0. The van der Waals surface area contributed by atoms with E-state index in [0.717, 1.165) is 5.56 Å². The van der Waals surface area contributed by atoms with Gasteiger partial charge in [-0.3, -0.25) is 4.79 Å². The quantitative estimate of drug-likeness (QED) is 0.788. The molecule has 4 N–H and O–H groups in total. The van der Waals surface area contributed by atoms with Gasteiger partial charge in [0.15, 0.2) is 5.60 Å². The van der Waals surface area contributed by atoms with Gasteiger partial charge in [0.2, 0.25) is 0 Å². The number of hydrogen-bond acceptors (Lipinski definition) is 4. The van der Waals surface area contributed by atoms with Crippen LogP contribution in [0.2, 0.25) is 0 Å². The summed E-state index contributed by atoms with van der Waals surface area (Å²) in [5.41, 5.74) is 6.70. The van der Waals surface area contributed by atoms with Crippen LogP contribution < -0.4 is 15.8 Å². The van der Waals surface area contributed by atoms with Gasteiger partial charge in [-0.1, -0.05) is 0 Å². The van der Waals surface area contributed by atoms with Gasteiger partial charge in [-0.25, -0.2) is 0 Å². The van der Waals surface area contributed by atoms with E-state index < -0.39 is 24.5 Å². The predicted molar refractivity (Wildman–Crippen MR) is 81.7 cm³/mol. The molecule has 5 heteroatoms. The Morgan fingerprint density at radius 2 is 2.10 bits per heavy atom. The zero-order valence-electron chi connectivity index (χ0n) is 16.8. The topological polar surface area (TPSA) is 84.6 Å². The lowest BCUT2D eigenvalue weighted by Crippen LogP contribution is -2.51. The standard InChI is InChI=1S/C16H24N2O3/c1-9-10(2)14-12(11(3)13(9)19)5-6-16(4,21-14)15(20)18-8-7-17/h19H,5-8,17H2,1-4H3,(H,18,20)/i7D2,8D2. The summed E-state index contributed by atoms with van der Waals surface area (Å²) in [6.45, 7) is 1.38. The second kappa shape index (κ2) is 5.56. The van der Waals surface area contributed by atoms with E-state index in [1.807, 2.05) is 5.32 Å². The molecule has 0 bridgehead atoms. The summed E-state index contributed by atoms with van der Waals surface area (Å²) in [4.78, 5) is 12.6. The molecule has 5 nitrogen and oxygen atoms in total. The van der Waals surface area contributed by atoms with Crippen LogP contribution in [0.25, 0.3) is 0 Å². The van der Waals surface area contributed by atoms with E-state index in [0.29, 0.717) is 28.9 Å². The number of carbonyl (C=O) groups excluding carboxylic acids is 1. The first-order chi connectivity index (χ1) is 11.2. The molecule has 0 radical (unpaired) electrons. The third kappa shape index (κ3) is 2.58. The van der Waals surface area contributed by atoms with Crippen LogP contribution >= 0.6 is 0 Å². The van der Waals surface area contributed by atoms with E-state index >= 15 is 0 Å². The van der Waals surface area contributed by atoms with Crippen LogP contribution in [-0.4, -0.2) is 29.6 Å². The fourth-order valence-corrected chi connectivity index (χ4v) is 2.63. The Balaban J connectivity index is 2.37. The zero-order valence-corrected chi connectivity index (χ0v) is 12.8. The Bertz CT molecular complexity index is 731. The summed E-state index contributed by atoms with van der Waals surface area (Å²) in [5, 5.41) is 12.2. The van der Waals surface area contributed by atoms with Crippen molar-refractivity contribution < 1.29 is 20.1 Å². The molecule has 1 aliphatic rings. The lowest BCUT2D eigenvalue weighted by Gasteiger charge is -2.36. The summed E-state index contributed by atoms with van der Waals surface area (Å²) in [5.74, 6) is -0.0613. The molecule has 1 heterocycles. The highest BCUT2D eigenvalue weighted by Gasteiger charge is 2.40. The first kappa shape index (κ1) is 10.9. The van der Waals surface area contributed by atoms with Gasteiger partial charge in [-0.2, -0.15) is 0 Å². The van der Waals surface area contributed by atoms with Gasteiger partial charge in [0.1, 0.15) is 11.5 Å². The molecule has 1 amide bonds. The minimum Gasteiger partial charge on any atom is -0.507 e. The number of nitrogens with one attached hydrogen (secondary N) is 1. The molecule has 0 spiro atoms. The van der Waals surface area contributed by atoms with Crippen molar-refractivity contribution in [1.29, 1.82) is 0 Å². The number of phenols is 1. The average Bonchev–Trinajstić information content (AvgIpc) is 2.49. The van der Waals surface area contributed by atoms with Crippen molar-refractivity contribution in [3.05, 3.63) is 22.3 Å². The second-order valence-electron chi connectivity index (χ2n) is 5.59. The highest BCUT2D eigenvalue weighted by Crippen LogP contribution is 2.43. The molecule has 2 rings (SSSR count). The molecule has 1 aromatic rings. The molecule has 1 aliphatic heterocycles. The third-order valence-electron chi connectivity index (χ3n) is 4.25. The number of rotatable bonds is 3. The smallest absolute Gasteiger partial charge is 0.263 e. The van der Waals surface area contributed by atoms with E-state index in [9.17, 15) is 9.90 Å². The molecular weight excluding hydrogens is 268 g/mol. The van der Waals surface area contributed by atoms with Crippen LogP contribution in [0.15, 0.2) is 0 Å². The largest absolute Gasteiger partial charge is 0.507 e. The number of ether oxygens (including phenoxy) is 1. The Kier molecular flexibility index (Phi) is 2.89. The van der Waals surface area contributed by atoms with E-state index in [4.69, 9.17) is 16.0 Å². The fraction of sp³-hybridized carbons (Fsp3) is 0.562. The molecule has 0 aromatic heterocycles. The number of carbonyl (C=O) groups is 1. The summed E-state index contributed by atoms with van der Waals surface area (Å²) < 4.78 is 35.9. The van der Waals surface area contributed by atoms with Crippen molar-refractivity contribution in [2.45, 2.75) is 46.1 Å². The van der Waals surface area contributed by atoms with Crippen LogP contribution in [0.1, 0.15) is 41.1 Å². The number of amides is 1. The van der Waals surface area contributed by atoms with Crippen LogP contribution in [0, 0.1) is 20.8 Å². The monoisotopic (exact) mass is 296 g/mol. The lowest BCUT2D eigenvalue weighted by atomic mass is 9.86.